The number of benzene rings is 1. The smallest absolute Gasteiger partial charge is 0.279 e. The van der Waals surface area contributed by atoms with Gasteiger partial charge in [0, 0.05) is 32.7 Å². The van der Waals surface area contributed by atoms with Crippen LogP contribution in [-0.4, -0.2) is 52.1 Å². The molecule has 1 aromatic carbocycles. The summed E-state index contributed by atoms with van der Waals surface area (Å²) in [5.74, 6) is 0.740. The Bertz CT molecular complexity index is 472. The molecule has 2 rings (SSSR count). The highest BCUT2D eigenvalue weighted by Gasteiger charge is 2.22. The lowest BCUT2D eigenvalue weighted by Crippen LogP contribution is -2.50. The van der Waals surface area contributed by atoms with Gasteiger partial charge in [0.05, 0.1) is 0 Å². The zero-order chi connectivity index (χ0) is 13.6. The summed E-state index contributed by atoms with van der Waals surface area (Å²) >= 11 is 0. The van der Waals surface area contributed by atoms with E-state index in [9.17, 15) is 8.42 Å². The molecule has 0 saturated carbocycles. The molecule has 0 unspecified atom stereocenters. The normalized spacial score (nSPS) is 17.3. The molecule has 19 heavy (non-hydrogen) atoms. The summed E-state index contributed by atoms with van der Waals surface area (Å²) in [6.07, 6.45) is 0. The maximum absolute atomic E-state index is 11.9. The van der Waals surface area contributed by atoms with Crippen molar-refractivity contribution in [3.63, 3.8) is 0 Å². The molecule has 0 radical (unpaired) electrons. The van der Waals surface area contributed by atoms with E-state index in [1.54, 1.807) is 0 Å². The van der Waals surface area contributed by atoms with E-state index < -0.39 is 10.2 Å². The van der Waals surface area contributed by atoms with Crippen molar-refractivity contribution in [2.24, 2.45) is 0 Å². The van der Waals surface area contributed by atoms with E-state index in [0.29, 0.717) is 32.8 Å². The van der Waals surface area contributed by atoms with Gasteiger partial charge in [-0.1, -0.05) is 18.2 Å². The molecule has 7 heteroatoms. The first-order valence-electron chi connectivity index (χ1n) is 6.32. The minimum absolute atomic E-state index is 0.265. The highest BCUT2D eigenvalue weighted by molar-refractivity contribution is 7.87. The fourth-order valence-electron chi connectivity index (χ4n) is 1.83. The third-order valence-corrected chi connectivity index (χ3v) is 4.43. The van der Waals surface area contributed by atoms with Crippen molar-refractivity contribution in [1.29, 1.82) is 0 Å². The van der Waals surface area contributed by atoms with Crippen LogP contribution < -0.4 is 14.8 Å². The summed E-state index contributed by atoms with van der Waals surface area (Å²) in [6, 6.07) is 9.33. The SMILES string of the molecule is O=S(=O)(NCCOc1ccccc1)N1CCNCC1. The Labute approximate surface area is 113 Å². The van der Waals surface area contributed by atoms with Crippen molar-refractivity contribution < 1.29 is 13.2 Å². The molecule has 0 amide bonds. The molecule has 0 bridgehead atoms. The van der Waals surface area contributed by atoms with Crippen LogP contribution in [0.25, 0.3) is 0 Å². The number of nitrogens with one attached hydrogen (secondary N) is 2. The summed E-state index contributed by atoms with van der Waals surface area (Å²) in [5, 5.41) is 3.12. The van der Waals surface area contributed by atoms with Gasteiger partial charge in [-0.05, 0) is 12.1 Å². The van der Waals surface area contributed by atoms with E-state index >= 15 is 0 Å². The lowest BCUT2D eigenvalue weighted by molar-refractivity contribution is 0.316. The molecule has 1 aliphatic rings. The fraction of sp³-hybridized carbons (Fsp3) is 0.500. The Hall–Kier alpha value is -1.15. The average Bonchev–Trinajstić information content (AvgIpc) is 2.46. The highest BCUT2D eigenvalue weighted by atomic mass is 32.2. The Morgan fingerprint density at radius 2 is 1.89 bits per heavy atom. The zero-order valence-electron chi connectivity index (χ0n) is 10.7. The van der Waals surface area contributed by atoms with Gasteiger partial charge >= 0.3 is 0 Å². The van der Waals surface area contributed by atoms with Crippen molar-refractivity contribution in [2.75, 3.05) is 39.3 Å². The first-order valence-corrected chi connectivity index (χ1v) is 7.76. The number of nitrogens with zero attached hydrogens (tertiary/aromatic N) is 1. The monoisotopic (exact) mass is 285 g/mol. The number of para-hydroxylation sites is 1. The van der Waals surface area contributed by atoms with Gasteiger partial charge in [-0.25, -0.2) is 0 Å². The summed E-state index contributed by atoms with van der Waals surface area (Å²) in [5.41, 5.74) is 0. The van der Waals surface area contributed by atoms with Crippen molar-refractivity contribution >= 4 is 10.2 Å². The van der Waals surface area contributed by atoms with Crippen LogP contribution in [-0.2, 0) is 10.2 Å². The second-order valence-electron chi connectivity index (χ2n) is 4.21. The van der Waals surface area contributed by atoms with Crippen LogP contribution in [0.4, 0.5) is 0 Å². The van der Waals surface area contributed by atoms with Crippen molar-refractivity contribution in [3.8, 4) is 5.75 Å². The lowest BCUT2D eigenvalue weighted by atomic mass is 10.3. The van der Waals surface area contributed by atoms with Gasteiger partial charge in [0.15, 0.2) is 0 Å². The van der Waals surface area contributed by atoms with Crippen LogP contribution in [0.2, 0.25) is 0 Å². The highest BCUT2D eigenvalue weighted by Crippen LogP contribution is 2.07. The van der Waals surface area contributed by atoms with Gasteiger partial charge in [0.2, 0.25) is 0 Å². The van der Waals surface area contributed by atoms with Crippen molar-refractivity contribution in [1.82, 2.24) is 14.3 Å². The molecule has 1 fully saturated rings. The maximum Gasteiger partial charge on any atom is 0.279 e. The molecule has 6 nitrogen and oxygen atoms in total. The standard InChI is InChI=1S/C12H19N3O3S/c16-19(17,15-9-6-13-7-10-15)14-8-11-18-12-4-2-1-3-5-12/h1-5,13-14H,6-11H2. The second-order valence-corrected chi connectivity index (χ2v) is 5.97. The van der Waals surface area contributed by atoms with E-state index in [4.69, 9.17) is 4.74 Å². The molecule has 1 heterocycles. The third kappa shape index (κ3) is 4.46. The molecule has 0 aliphatic carbocycles. The first kappa shape index (κ1) is 14.3. The van der Waals surface area contributed by atoms with Gasteiger partial charge in [0.1, 0.15) is 12.4 Å². The molecule has 2 N–H and O–H groups in total. The van der Waals surface area contributed by atoms with Gasteiger partial charge in [-0.15, -0.1) is 0 Å². The lowest BCUT2D eigenvalue weighted by Gasteiger charge is -2.26. The molecule has 1 saturated heterocycles. The van der Waals surface area contributed by atoms with E-state index in [-0.39, 0.29) is 6.54 Å². The summed E-state index contributed by atoms with van der Waals surface area (Å²) in [4.78, 5) is 0. The van der Waals surface area contributed by atoms with Gasteiger partial charge in [-0.2, -0.15) is 17.4 Å². The molecular formula is C12H19N3O3S. The quantitative estimate of drug-likeness (QED) is 0.711. The number of piperazine rings is 1. The Kier molecular flexibility index (Phi) is 5.15. The number of hydrogen-bond donors (Lipinski definition) is 2. The van der Waals surface area contributed by atoms with Crippen LogP contribution in [0.1, 0.15) is 0 Å². The molecule has 0 atom stereocenters. The largest absolute Gasteiger partial charge is 0.492 e. The molecule has 1 aliphatic heterocycles. The number of ether oxygens (including phenoxy) is 1. The van der Waals surface area contributed by atoms with Gasteiger partial charge in [-0.3, -0.25) is 0 Å². The molecular weight excluding hydrogens is 266 g/mol. The van der Waals surface area contributed by atoms with Crippen LogP contribution in [0.3, 0.4) is 0 Å². The Balaban J connectivity index is 1.72. The molecule has 1 aromatic rings. The van der Waals surface area contributed by atoms with Gasteiger partial charge < -0.3 is 10.1 Å². The van der Waals surface area contributed by atoms with Crippen LogP contribution in [0.5, 0.6) is 5.75 Å². The number of hydrogen-bond acceptors (Lipinski definition) is 4. The van der Waals surface area contributed by atoms with E-state index in [0.717, 1.165) is 5.75 Å². The maximum atomic E-state index is 11.9. The molecule has 0 spiro atoms. The Morgan fingerprint density at radius 3 is 2.58 bits per heavy atom. The fourth-order valence-corrected chi connectivity index (χ4v) is 3.02. The molecule has 106 valence electrons. The predicted octanol–water partition coefficient (Wildman–Crippen LogP) is -0.195. The Morgan fingerprint density at radius 1 is 1.21 bits per heavy atom. The average molecular weight is 285 g/mol. The minimum Gasteiger partial charge on any atom is -0.492 e. The van der Waals surface area contributed by atoms with E-state index in [1.807, 2.05) is 30.3 Å². The minimum atomic E-state index is -3.37. The van der Waals surface area contributed by atoms with Crippen molar-refractivity contribution in [2.45, 2.75) is 0 Å². The second kappa shape index (κ2) is 6.85. The van der Waals surface area contributed by atoms with Crippen molar-refractivity contribution in [3.05, 3.63) is 30.3 Å². The van der Waals surface area contributed by atoms with E-state index in [1.165, 1.54) is 4.31 Å². The van der Waals surface area contributed by atoms with E-state index in [2.05, 4.69) is 10.0 Å². The van der Waals surface area contributed by atoms with Crippen LogP contribution >= 0.6 is 0 Å². The zero-order valence-corrected chi connectivity index (χ0v) is 11.5. The van der Waals surface area contributed by atoms with Crippen LogP contribution in [0, 0.1) is 0 Å². The first-order chi connectivity index (χ1) is 9.18. The summed E-state index contributed by atoms with van der Waals surface area (Å²) < 4.78 is 33.3. The van der Waals surface area contributed by atoms with Gasteiger partial charge in [0.25, 0.3) is 10.2 Å². The van der Waals surface area contributed by atoms with Crippen LogP contribution in [0.15, 0.2) is 30.3 Å². The summed E-state index contributed by atoms with van der Waals surface area (Å²) in [6.45, 7) is 2.99. The predicted molar refractivity (Wildman–Crippen MR) is 73.3 cm³/mol. The topological polar surface area (TPSA) is 70.7 Å². The third-order valence-electron chi connectivity index (χ3n) is 2.81. The summed E-state index contributed by atoms with van der Waals surface area (Å²) in [7, 11) is -3.37. The molecule has 0 aromatic heterocycles. The number of rotatable bonds is 6.